The lowest BCUT2D eigenvalue weighted by Gasteiger charge is -2.16. The molecule has 4 nitrogen and oxygen atoms in total. The predicted octanol–water partition coefficient (Wildman–Crippen LogP) is 5.07. The highest BCUT2D eigenvalue weighted by Gasteiger charge is 2.15. The first kappa shape index (κ1) is 19.0. The summed E-state index contributed by atoms with van der Waals surface area (Å²) in [6.45, 7) is 5.83. The first-order chi connectivity index (χ1) is 12.0. The Hall–Kier alpha value is -2.33. The highest BCUT2D eigenvalue weighted by molar-refractivity contribution is 6.32. The Morgan fingerprint density at radius 1 is 1.00 bits per heavy atom. The number of rotatable bonds is 6. The molecule has 2 aromatic rings. The smallest absolute Gasteiger partial charge is 0.255 e. The number of nitrogens with one attached hydrogen (secondary N) is 2. The number of aryl methyl sites for hydroxylation is 1. The monoisotopic (exact) mass is 358 g/mol. The molecule has 2 amide bonds. The van der Waals surface area contributed by atoms with Gasteiger partial charge in [-0.2, -0.15) is 0 Å². The fourth-order valence-corrected chi connectivity index (χ4v) is 2.93. The molecule has 0 radical (unpaired) electrons. The zero-order valence-electron chi connectivity index (χ0n) is 14.8. The quantitative estimate of drug-likeness (QED) is 0.757. The lowest BCUT2D eigenvalue weighted by molar-refractivity contribution is -0.115. The molecule has 0 heterocycles. The Bertz CT molecular complexity index is 787. The van der Waals surface area contributed by atoms with Crippen LogP contribution in [0.2, 0.25) is 5.02 Å². The van der Waals surface area contributed by atoms with Crippen molar-refractivity contribution in [3.8, 4) is 0 Å². The van der Waals surface area contributed by atoms with Gasteiger partial charge in [0.2, 0.25) is 5.91 Å². The predicted molar refractivity (Wildman–Crippen MR) is 104 cm³/mol. The van der Waals surface area contributed by atoms with Crippen LogP contribution in [0.25, 0.3) is 0 Å². The lowest BCUT2D eigenvalue weighted by atomic mass is 10.0. The molecule has 0 unspecified atom stereocenters. The van der Waals surface area contributed by atoms with Gasteiger partial charge >= 0.3 is 0 Å². The Morgan fingerprint density at radius 2 is 1.76 bits per heavy atom. The highest BCUT2D eigenvalue weighted by Crippen LogP contribution is 2.30. The van der Waals surface area contributed by atoms with E-state index in [1.165, 1.54) is 0 Å². The summed E-state index contributed by atoms with van der Waals surface area (Å²) >= 11 is 6.29. The summed E-state index contributed by atoms with van der Waals surface area (Å²) in [4.78, 5) is 24.2. The topological polar surface area (TPSA) is 58.2 Å². The molecule has 25 heavy (non-hydrogen) atoms. The van der Waals surface area contributed by atoms with Crippen LogP contribution in [-0.4, -0.2) is 11.8 Å². The van der Waals surface area contributed by atoms with E-state index in [1.807, 2.05) is 26.0 Å². The average molecular weight is 359 g/mol. The van der Waals surface area contributed by atoms with E-state index in [0.29, 0.717) is 22.7 Å². The van der Waals surface area contributed by atoms with E-state index in [9.17, 15) is 9.59 Å². The average Bonchev–Trinajstić information content (AvgIpc) is 2.62. The highest BCUT2D eigenvalue weighted by atomic mass is 35.5. The van der Waals surface area contributed by atoms with Crippen LogP contribution in [0.3, 0.4) is 0 Å². The Morgan fingerprint density at radius 3 is 2.40 bits per heavy atom. The fourth-order valence-electron chi connectivity index (χ4n) is 2.64. The first-order valence-electron chi connectivity index (χ1n) is 8.51. The molecule has 5 heteroatoms. The van der Waals surface area contributed by atoms with Crippen molar-refractivity contribution in [1.29, 1.82) is 0 Å². The SMILES string of the molecule is CCC(=O)Nc1cccc(C(=O)Nc2c(CC)ccc(Cl)c2CC)c1. The molecule has 0 aliphatic rings. The summed E-state index contributed by atoms with van der Waals surface area (Å²) < 4.78 is 0. The number of amides is 2. The number of halogens is 1. The number of benzene rings is 2. The van der Waals surface area contributed by atoms with Crippen LogP contribution in [0.5, 0.6) is 0 Å². The van der Waals surface area contributed by atoms with Crippen LogP contribution < -0.4 is 10.6 Å². The summed E-state index contributed by atoms with van der Waals surface area (Å²) in [7, 11) is 0. The minimum atomic E-state index is -0.223. The number of hydrogen-bond acceptors (Lipinski definition) is 2. The zero-order valence-corrected chi connectivity index (χ0v) is 15.5. The Labute approximate surface area is 153 Å². The van der Waals surface area contributed by atoms with Gasteiger partial charge in [0.25, 0.3) is 5.91 Å². The molecule has 0 saturated carbocycles. The van der Waals surface area contributed by atoms with Gasteiger partial charge in [0, 0.05) is 28.4 Å². The van der Waals surface area contributed by atoms with E-state index < -0.39 is 0 Å². The van der Waals surface area contributed by atoms with Crippen molar-refractivity contribution in [1.82, 2.24) is 0 Å². The van der Waals surface area contributed by atoms with Crippen molar-refractivity contribution < 1.29 is 9.59 Å². The van der Waals surface area contributed by atoms with E-state index in [1.54, 1.807) is 31.2 Å². The van der Waals surface area contributed by atoms with E-state index in [4.69, 9.17) is 11.6 Å². The standard InChI is InChI=1S/C20H23ClN2O2/c1-4-13-10-11-17(21)16(5-2)19(13)23-20(25)14-8-7-9-15(12-14)22-18(24)6-3/h7-12H,4-6H2,1-3H3,(H,22,24)(H,23,25). The van der Waals surface area contributed by atoms with Gasteiger partial charge in [0.1, 0.15) is 0 Å². The van der Waals surface area contributed by atoms with Crippen molar-refractivity contribution in [2.45, 2.75) is 40.0 Å². The lowest BCUT2D eigenvalue weighted by Crippen LogP contribution is -2.16. The maximum Gasteiger partial charge on any atom is 0.255 e. The van der Waals surface area contributed by atoms with Crippen molar-refractivity contribution in [3.05, 3.63) is 58.1 Å². The fraction of sp³-hybridized carbons (Fsp3) is 0.300. The molecule has 0 aliphatic carbocycles. The molecular weight excluding hydrogens is 336 g/mol. The molecule has 0 saturated heterocycles. The molecule has 0 spiro atoms. The summed E-state index contributed by atoms with van der Waals surface area (Å²) in [5, 5.41) is 6.41. The second-order valence-corrected chi connectivity index (χ2v) is 6.11. The minimum absolute atomic E-state index is 0.0889. The number of hydrogen-bond donors (Lipinski definition) is 2. The van der Waals surface area contributed by atoms with E-state index in [-0.39, 0.29) is 11.8 Å². The second-order valence-electron chi connectivity index (χ2n) is 5.70. The van der Waals surface area contributed by atoms with Gasteiger partial charge < -0.3 is 10.6 Å². The molecule has 2 N–H and O–H groups in total. The molecule has 132 valence electrons. The van der Waals surface area contributed by atoms with Crippen LogP contribution in [-0.2, 0) is 17.6 Å². The third-order valence-corrected chi connectivity index (χ3v) is 4.40. The van der Waals surface area contributed by atoms with Crippen molar-refractivity contribution in [3.63, 3.8) is 0 Å². The zero-order chi connectivity index (χ0) is 18.4. The van der Waals surface area contributed by atoms with Crippen LogP contribution in [0.1, 0.15) is 48.7 Å². The molecule has 2 rings (SSSR count). The summed E-state index contributed by atoms with van der Waals surface area (Å²) in [5.74, 6) is -0.312. The number of carbonyl (C=O) groups is 2. The van der Waals surface area contributed by atoms with E-state index >= 15 is 0 Å². The Kier molecular flexibility index (Phi) is 6.59. The van der Waals surface area contributed by atoms with Gasteiger partial charge in [-0.25, -0.2) is 0 Å². The van der Waals surface area contributed by atoms with Crippen molar-refractivity contribution in [2.75, 3.05) is 10.6 Å². The van der Waals surface area contributed by atoms with Gasteiger partial charge in [0.15, 0.2) is 0 Å². The van der Waals surface area contributed by atoms with Crippen LogP contribution >= 0.6 is 11.6 Å². The maximum atomic E-state index is 12.7. The first-order valence-corrected chi connectivity index (χ1v) is 8.89. The van der Waals surface area contributed by atoms with Gasteiger partial charge in [-0.3, -0.25) is 9.59 Å². The molecular formula is C20H23ClN2O2. The summed E-state index contributed by atoms with van der Waals surface area (Å²) in [6, 6.07) is 10.7. The summed E-state index contributed by atoms with van der Waals surface area (Å²) in [6.07, 6.45) is 1.92. The Balaban J connectivity index is 2.30. The third kappa shape index (κ3) is 4.60. The summed E-state index contributed by atoms with van der Waals surface area (Å²) in [5.41, 5.74) is 3.86. The molecule has 0 atom stereocenters. The molecule has 0 bridgehead atoms. The van der Waals surface area contributed by atoms with E-state index in [0.717, 1.165) is 29.7 Å². The van der Waals surface area contributed by atoms with Gasteiger partial charge in [-0.1, -0.05) is 44.5 Å². The van der Waals surface area contributed by atoms with Crippen LogP contribution in [0.4, 0.5) is 11.4 Å². The van der Waals surface area contributed by atoms with E-state index in [2.05, 4.69) is 10.6 Å². The van der Waals surface area contributed by atoms with Gasteiger partial charge in [-0.05, 0) is 48.2 Å². The van der Waals surface area contributed by atoms with Crippen LogP contribution in [0, 0.1) is 0 Å². The van der Waals surface area contributed by atoms with Gasteiger partial charge in [-0.15, -0.1) is 0 Å². The molecule has 0 aliphatic heterocycles. The van der Waals surface area contributed by atoms with Crippen LogP contribution in [0.15, 0.2) is 36.4 Å². The third-order valence-electron chi connectivity index (χ3n) is 4.04. The minimum Gasteiger partial charge on any atom is -0.326 e. The molecule has 0 aromatic heterocycles. The normalized spacial score (nSPS) is 10.4. The van der Waals surface area contributed by atoms with Crippen molar-refractivity contribution in [2.24, 2.45) is 0 Å². The maximum absolute atomic E-state index is 12.7. The largest absolute Gasteiger partial charge is 0.326 e. The molecule has 0 fully saturated rings. The number of anilines is 2. The van der Waals surface area contributed by atoms with Crippen molar-refractivity contribution >= 4 is 34.8 Å². The van der Waals surface area contributed by atoms with Gasteiger partial charge in [0.05, 0.1) is 0 Å². The molecule has 2 aromatic carbocycles. The second kappa shape index (κ2) is 8.67. The number of carbonyl (C=O) groups excluding carboxylic acids is 2.